The standard InChI is InChI=1S/C31H26N4O2/c1-31(2)26-19-25(35(22-10-6-4-7-11-22)23-12-8-5-9-13-23)14-16-27(26)33-29(31)28-17-15-24(34(28)3)18-21(20-32)30(36)37/h4-19H,1-3H3,(H,36,37)/b21-18+. The van der Waals surface area contributed by atoms with Crippen LogP contribution in [0.2, 0.25) is 0 Å². The number of benzene rings is 3. The van der Waals surface area contributed by atoms with Crippen molar-refractivity contribution in [1.82, 2.24) is 4.57 Å². The first-order valence-corrected chi connectivity index (χ1v) is 12.0. The maximum atomic E-state index is 11.3. The highest BCUT2D eigenvalue weighted by molar-refractivity contribution is 6.12. The quantitative estimate of drug-likeness (QED) is 0.237. The molecule has 1 aliphatic heterocycles. The Kier molecular flexibility index (Phi) is 5.98. The van der Waals surface area contributed by atoms with Gasteiger partial charge in [0.25, 0.3) is 0 Å². The van der Waals surface area contributed by atoms with Crippen LogP contribution in [0.4, 0.5) is 22.7 Å². The van der Waals surface area contributed by atoms with Gasteiger partial charge in [0, 0.05) is 35.2 Å². The second-order valence-electron chi connectivity index (χ2n) is 9.47. The highest BCUT2D eigenvalue weighted by atomic mass is 16.4. The molecule has 0 spiro atoms. The van der Waals surface area contributed by atoms with Crippen LogP contribution in [0.25, 0.3) is 6.08 Å². The molecule has 0 unspecified atom stereocenters. The second kappa shape index (κ2) is 9.29. The topological polar surface area (TPSA) is 81.6 Å². The van der Waals surface area contributed by atoms with Gasteiger partial charge < -0.3 is 14.6 Å². The van der Waals surface area contributed by atoms with Crippen LogP contribution in [0, 0.1) is 11.3 Å². The molecule has 0 atom stereocenters. The summed E-state index contributed by atoms with van der Waals surface area (Å²) in [4.78, 5) is 18.6. The molecular formula is C31H26N4O2. The molecule has 6 nitrogen and oxygen atoms in total. The molecule has 4 aromatic rings. The molecule has 6 heteroatoms. The molecule has 0 saturated carbocycles. The summed E-state index contributed by atoms with van der Waals surface area (Å²) in [5.74, 6) is -1.25. The van der Waals surface area contributed by atoms with Crippen molar-refractivity contribution in [3.63, 3.8) is 0 Å². The number of fused-ring (bicyclic) bond motifs is 1. The molecule has 37 heavy (non-hydrogen) atoms. The number of nitriles is 1. The van der Waals surface area contributed by atoms with E-state index in [4.69, 9.17) is 10.3 Å². The van der Waals surface area contributed by atoms with Gasteiger partial charge in [0.2, 0.25) is 0 Å². The van der Waals surface area contributed by atoms with Gasteiger partial charge >= 0.3 is 5.97 Å². The third-order valence-electron chi connectivity index (χ3n) is 6.81. The Morgan fingerprint density at radius 3 is 2.14 bits per heavy atom. The van der Waals surface area contributed by atoms with Gasteiger partial charge in [-0.2, -0.15) is 5.26 Å². The van der Waals surface area contributed by atoms with Gasteiger partial charge in [-0.15, -0.1) is 0 Å². The number of hydrogen-bond donors (Lipinski definition) is 1. The van der Waals surface area contributed by atoms with Crippen molar-refractivity contribution in [2.45, 2.75) is 19.3 Å². The summed E-state index contributed by atoms with van der Waals surface area (Å²) >= 11 is 0. The van der Waals surface area contributed by atoms with E-state index in [2.05, 4.69) is 61.2 Å². The van der Waals surface area contributed by atoms with E-state index in [1.165, 1.54) is 6.08 Å². The number of aromatic nitrogens is 1. The van der Waals surface area contributed by atoms with E-state index in [9.17, 15) is 9.90 Å². The minimum absolute atomic E-state index is 0.310. The highest BCUT2D eigenvalue weighted by Gasteiger charge is 2.37. The minimum atomic E-state index is -1.25. The average Bonchev–Trinajstić information content (AvgIpc) is 3.39. The lowest BCUT2D eigenvalue weighted by atomic mass is 9.80. The molecule has 0 saturated heterocycles. The molecule has 0 amide bonds. The van der Waals surface area contributed by atoms with Crippen LogP contribution < -0.4 is 4.90 Å². The fraction of sp³-hybridized carbons (Fsp3) is 0.129. The van der Waals surface area contributed by atoms with Crippen LogP contribution in [-0.2, 0) is 17.3 Å². The summed E-state index contributed by atoms with van der Waals surface area (Å²) in [5, 5.41) is 18.4. The van der Waals surface area contributed by atoms with E-state index in [1.54, 1.807) is 6.07 Å². The third-order valence-corrected chi connectivity index (χ3v) is 6.81. The summed E-state index contributed by atoms with van der Waals surface area (Å²) in [6, 6.07) is 32.4. The fourth-order valence-electron chi connectivity index (χ4n) is 4.83. The smallest absolute Gasteiger partial charge is 0.346 e. The Balaban J connectivity index is 1.56. The monoisotopic (exact) mass is 486 g/mol. The van der Waals surface area contributed by atoms with E-state index in [0.29, 0.717) is 5.69 Å². The van der Waals surface area contributed by atoms with Crippen LogP contribution in [0.15, 0.2) is 102 Å². The van der Waals surface area contributed by atoms with E-state index >= 15 is 0 Å². The van der Waals surface area contributed by atoms with Crippen LogP contribution >= 0.6 is 0 Å². The molecule has 1 aliphatic rings. The first-order valence-electron chi connectivity index (χ1n) is 12.0. The van der Waals surface area contributed by atoms with Gasteiger partial charge in [0.15, 0.2) is 0 Å². The number of hydrogen-bond acceptors (Lipinski definition) is 4. The molecule has 5 rings (SSSR count). The number of carbonyl (C=O) groups is 1. The summed E-state index contributed by atoms with van der Waals surface area (Å²) in [6.45, 7) is 4.30. The molecule has 182 valence electrons. The maximum Gasteiger partial charge on any atom is 0.346 e. The number of aliphatic carboxylic acids is 1. The van der Waals surface area contributed by atoms with E-state index in [0.717, 1.165) is 39.7 Å². The van der Waals surface area contributed by atoms with Crippen LogP contribution in [0.3, 0.4) is 0 Å². The van der Waals surface area contributed by atoms with Crippen molar-refractivity contribution >= 4 is 40.5 Å². The van der Waals surface area contributed by atoms with E-state index < -0.39 is 11.4 Å². The Hall–Kier alpha value is -4.89. The number of rotatable bonds is 6. The predicted molar refractivity (Wildman–Crippen MR) is 147 cm³/mol. The third kappa shape index (κ3) is 4.21. The first kappa shape index (κ1) is 23.8. The van der Waals surface area contributed by atoms with Crippen molar-refractivity contribution in [2.75, 3.05) is 4.90 Å². The summed E-state index contributed by atoms with van der Waals surface area (Å²) < 4.78 is 1.88. The number of anilines is 3. The van der Waals surface area contributed by atoms with E-state index in [-0.39, 0.29) is 5.57 Å². The van der Waals surface area contributed by atoms with Gasteiger partial charge in [-0.3, -0.25) is 4.99 Å². The number of carboxylic acid groups (broad SMARTS) is 1. The van der Waals surface area contributed by atoms with Crippen molar-refractivity contribution in [3.05, 3.63) is 114 Å². The first-order chi connectivity index (χ1) is 17.8. The largest absolute Gasteiger partial charge is 0.477 e. The zero-order valence-electron chi connectivity index (χ0n) is 20.9. The van der Waals surface area contributed by atoms with Crippen molar-refractivity contribution in [1.29, 1.82) is 5.26 Å². The summed E-state index contributed by atoms with van der Waals surface area (Å²) in [6.07, 6.45) is 1.39. The van der Waals surface area contributed by atoms with Gasteiger partial charge in [0.05, 0.1) is 17.1 Å². The molecule has 3 aromatic carbocycles. The predicted octanol–water partition coefficient (Wildman–Crippen LogP) is 6.90. The molecule has 0 bridgehead atoms. The lowest BCUT2D eigenvalue weighted by Crippen LogP contribution is -2.28. The second-order valence-corrected chi connectivity index (χ2v) is 9.47. The SMILES string of the molecule is Cn1c(/C=C(\C#N)C(=O)O)ccc1C1=Nc2ccc(N(c3ccccc3)c3ccccc3)cc2C1(C)C. The minimum Gasteiger partial charge on any atom is -0.477 e. The fourth-order valence-corrected chi connectivity index (χ4v) is 4.83. The van der Waals surface area contributed by atoms with Gasteiger partial charge in [0.1, 0.15) is 11.6 Å². The molecule has 0 fully saturated rings. The molecule has 0 aliphatic carbocycles. The van der Waals surface area contributed by atoms with Crippen LogP contribution in [0.5, 0.6) is 0 Å². The van der Waals surface area contributed by atoms with Gasteiger partial charge in [-0.25, -0.2) is 4.79 Å². The van der Waals surface area contributed by atoms with Gasteiger partial charge in [-0.05, 0) is 80.1 Å². The molecule has 0 radical (unpaired) electrons. The van der Waals surface area contributed by atoms with Gasteiger partial charge in [-0.1, -0.05) is 36.4 Å². The average molecular weight is 487 g/mol. The maximum absolute atomic E-state index is 11.3. The van der Waals surface area contributed by atoms with E-state index in [1.807, 2.05) is 60.1 Å². The normalized spacial score (nSPS) is 14.0. The Labute approximate surface area is 216 Å². The highest BCUT2D eigenvalue weighted by Crippen LogP contribution is 2.45. The summed E-state index contributed by atoms with van der Waals surface area (Å²) in [5.41, 5.74) is 6.87. The molecule has 1 N–H and O–H groups in total. The Morgan fingerprint density at radius 2 is 1.57 bits per heavy atom. The molecule has 2 heterocycles. The lowest BCUT2D eigenvalue weighted by molar-refractivity contribution is -0.132. The number of nitrogens with zero attached hydrogens (tertiary/aromatic N) is 4. The Morgan fingerprint density at radius 1 is 0.946 bits per heavy atom. The molecular weight excluding hydrogens is 460 g/mol. The van der Waals surface area contributed by atoms with Crippen molar-refractivity contribution in [2.24, 2.45) is 12.0 Å². The lowest BCUT2D eigenvalue weighted by Gasteiger charge is -2.28. The van der Waals surface area contributed by atoms with Crippen LogP contribution in [-0.4, -0.2) is 21.4 Å². The molecule has 1 aromatic heterocycles. The number of aliphatic imine (C=N–C) groups is 1. The summed E-state index contributed by atoms with van der Waals surface area (Å²) in [7, 11) is 1.86. The Bertz CT molecular complexity index is 1550. The number of carboxylic acids is 1. The number of para-hydroxylation sites is 2. The zero-order valence-corrected chi connectivity index (χ0v) is 20.9. The van der Waals surface area contributed by atoms with Crippen molar-refractivity contribution < 1.29 is 9.90 Å². The van der Waals surface area contributed by atoms with Crippen LogP contribution in [0.1, 0.15) is 30.8 Å². The van der Waals surface area contributed by atoms with Crippen molar-refractivity contribution in [3.8, 4) is 6.07 Å². The zero-order chi connectivity index (χ0) is 26.2.